The number of rotatable bonds is 6. The monoisotopic (exact) mass is 360 g/mol. The third-order valence-electron chi connectivity index (χ3n) is 4.43. The number of amides is 1. The summed E-state index contributed by atoms with van der Waals surface area (Å²) in [7, 11) is 0. The molecule has 0 bridgehead atoms. The van der Waals surface area contributed by atoms with E-state index in [2.05, 4.69) is 10.00 Å². The first kappa shape index (κ1) is 18.1. The molecule has 1 fully saturated rings. The molecule has 0 unspecified atom stereocenters. The third-order valence-corrected chi connectivity index (χ3v) is 4.43. The maximum atomic E-state index is 13.7. The van der Waals surface area contributed by atoms with Gasteiger partial charge in [0.2, 0.25) is 0 Å². The maximum Gasteiger partial charge on any atom is 0.305 e. The molecule has 0 radical (unpaired) electrons. The molecule has 1 aromatic heterocycles. The Hall–Kier alpha value is -2.74. The number of hydrogen-bond acceptors (Lipinski definition) is 4. The summed E-state index contributed by atoms with van der Waals surface area (Å²) in [4.78, 5) is 27.0. The average Bonchev–Trinajstić information content (AvgIpc) is 3.11. The fourth-order valence-corrected chi connectivity index (χ4v) is 2.95. The summed E-state index contributed by atoms with van der Waals surface area (Å²) in [5.41, 5.74) is 0.974. The number of carbonyl (C=O) groups excluding carboxylic acids is 1. The minimum atomic E-state index is -0.903. The van der Waals surface area contributed by atoms with Gasteiger partial charge in [0.05, 0.1) is 13.0 Å². The molecule has 1 aromatic carbocycles. The number of aliphatic carboxylic acids is 1. The van der Waals surface area contributed by atoms with Crippen molar-refractivity contribution in [2.75, 3.05) is 26.2 Å². The third kappa shape index (κ3) is 4.45. The number of carboxylic acid groups (broad SMARTS) is 1. The Morgan fingerprint density at radius 3 is 2.54 bits per heavy atom. The number of piperazine rings is 1. The number of hydrogen-bond donors (Lipinski definition) is 1. The van der Waals surface area contributed by atoms with Crippen LogP contribution in [-0.2, 0) is 17.9 Å². The molecule has 0 saturated carbocycles. The molecule has 138 valence electrons. The Morgan fingerprint density at radius 1 is 1.12 bits per heavy atom. The van der Waals surface area contributed by atoms with Crippen LogP contribution >= 0.6 is 0 Å². The van der Waals surface area contributed by atoms with Crippen LogP contribution in [0.5, 0.6) is 0 Å². The van der Waals surface area contributed by atoms with Gasteiger partial charge in [-0.1, -0.05) is 18.2 Å². The van der Waals surface area contributed by atoms with Crippen molar-refractivity contribution in [1.29, 1.82) is 0 Å². The van der Waals surface area contributed by atoms with Crippen LogP contribution in [0.2, 0.25) is 0 Å². The van der Waals surface area contributed by atoms with E-state index >= 15 is 0 Å². The molecule has 1 N–H and O–H groups in total. The first-order valence-corrected chi connectivity index (χ1v) is 8.53. The molecular formula is C18H21FN4O3. The van der Waals surface area contributed by atoms with Crippen molar-refractivity contribution in [2.24, 2.45) is 0 Å². The second kappa shape index (κ2) is 8.09. The van der Waals surface area contributed by atoms with Gasteiger partial charge in [-0.15, -0.1) is 0 Å². The SMILES string of the molecule is O=C(O)CCn1ccc(C(=O)N2CCN(Cc3ccccc3F)CC2)n1. The number of aromatic nitrogens is 2. The van der Waals surface area contributed by atoms with Gasteiger partial charge in [-0.25, -0.2) is 4.39 Å². The molecule has 26 heavy (non-hydrogen) atoms. The van der Waals surface area contributed by atoms with Gasteiger partial charge in [-0.3, -0.25) is 19.2 Å². The summed E-state index contributed by atoms with van der Waals surface area (Å²) < 4.78 is 15.2. The van der Waals surface area contributed by atoms with E-state index < -0.39 is 5.97 Å². The Labute approximate surface area is 150 Å². The number of carboxylic acids is 1. The second-order valence-electron chi connectivity index (χ2n) is 6.27. The molecule has 0 atom stereocenters. The van der Waals surface area contributed by atoms with Crippen molar-refractivity contribution in [1.82, 2.24) is 19.6 Å². The van der Waals surface area contributed by atoms with E-state index in [9.17, 15) is 14.0 Å². The van der Waals surface area contributed by atoms with Crippen molar-refractivity contribution in [2.45, 2.75) is 19.5 Å². The average molecular weight is 360 g/mol. The predicted molar refractivity (Wildman–Crippen MR) is 92.1 cm³/mol. The smallest absolute Gasteiger partial charge is 0.305 e. The van der Waals surface area contributed by atoms with Crippen LogP contribution in [0.3, 0.4) is 0 Å². The molecule has 2 heterocycles. The molecular weight excluding hydrogens is 339 g/mol. The topological polar surface area (TPSA) is 78.7 Å². The van der Waals surface area contributed by atoms with Crippen LogP contribution in [-0.4, -0.2) is 62.7 Å². The van der Waals surface area contributed by atoms with Crippen LogP contribution < -0.4 is 0 Å². The summed E-state index contributed by atoms with van der Waals surface area (Å²) in [6.07, 6.45) is 1.58. The highest BCUT2D eigenvalue weighted by Crippen LogP contribution is 2.13. The minimum Gasteiger partial charge on any atom is -0.481 e. The van der Waals surface area contributed by atoms with Crippen LogP contribution in [0.4, 0.5) is 4.39 Å². The molecule has 1 aliphatic heterocycles. The predicted octanol–water partition coefficient (Wildman–Crippen LogP) is 1.45. The van der Waals surface area contributed by atoms with Gasteiger partial charge in [0.1, 0.15) is 11.5 Å². The van der Waals surface area contributed by atoms with Crippen molar-refractivity contribution in [3.8, 4) is 0 Å². The van der Waals surface area contributed by atoms with Gasteiger partial charge in [-0.2, -0.15) is 5.10 Å². The number of nitrogens with zero attached hydrogens (tertiary/aromatic N) is 4. The summed E-state index contributed by atoms with van der Waals surface area (Å²) in [6.45, 7) is 3.20. The van der Waals surface area contributed by atoms with Gasteiger partial charge in [-0.05, 0) is 12.1 Å². The normalized spacial score (nSPS) is 15.2. The lowest BCUT2D eigenvalue weighted by Crippen LogP contribution is -2.48. The lowest BCUT2D eigenvalue weighted by Gasteiger charge is -2.34. The van der Waals surface area contributed by atoms with Crippen LogP contribution in [0.15, 0.2) is 36.5 Å². The Morgan fingerprint density at radius 2 is 1.85 bits per heavy atom. The number of carbonyl (C=O) groups is 2. The van der Waals surface area contributed by atoms with Crippen LogP contribution in [0, 0.1) is 5.82 Å². The van der Waals surface area contributed by atoms with Crippen LogP contribution in [0.1, 0.15) is 22.5 Å². The van der Waals surface area contributed by atoms with E-state index in [4.69, 9.17) is 5.11 Å². The Bertz CT molecular complexity index is 784. The lowest BCUT2D eigenvalue weighted by atomic mass is 10.2. The highest BCUT2D eigenvalue weighted by molar-refractivity contribution is 5.92. The van der Waals surface area contributed by atoms with Gasteiger partial charge < -0.3 is 10.0 Å². The van der Waals surface area contributed by atoms with Crippen molar-refractivity contribution in [3.63, 3.8) is 0 Å². The zero-order valence-corrected chi connectivity index (χ0v) is 14.3. The number of halogens is 1. The first-order valence-electron chi connectivity index (χ1n) is 8.53. The van der Waals surface area contributed by atoms with E-state index in [-0.39, 0.29) is 24.7 Å². The highest BCUT2D eigenvalue weighted by atomic mass is 19.1. The van der Waals surface area contributed by atoms with E-state index in [0.717, 1.165) is 0 Å². The van der Waals surface area contributed by atoms with Gasteiger partial charge in [0, 0.05) is 44.5 Å². The molecule has 8 heteroatoms. The molecule has 3 rings (SSSR count). The highest BCUT2D eigenvalue weighted by Gasteiger charge is 2.24. The van der Waals surface area contributed by atoms with Gasteiger partial charge >= 0.3 is 5.97 Å². The molecule has 1 aliphatic rings. The lowest BCUT2D eigenvalue weighted by molar-refractivity contribution is -0.137. The van der Waals surface area contributed by atoms with E-state index in [1.807, 2.05) is 6.07 Å². The van der Waals surface area contributed by atoms with Crippen molar-refractivity contribution in [3.05, 3.63) is 53.6 Å². The molecule has 1 saturated heterocycles. The van der Waals surface area contributed by atoms with Gasteiger partial charge in [0.25, 0.3) is 5.91 Å². The molecule has 1 amide bonds. The van der Waals surface area contributed by atoms with E-state index in [0.29, 0.717) is 44.0 Å². The molecule has 0 aliphatic carbocycles. The molecule has 7 nitrogen and oxygen atoms in total. The summed E-state index contributed by atoms with van der Waals surface area (Å²) in [5, 5.41) is 12.9. The number of benzene rings is 1. The summed E-state index contributed by atoms with van der Waals surface area (Å²) >= 11 is 0. The quantitative estimate of drug-likeness (QED) is 0.844. The second-order valence-corrected chi connectivity index (χ2v) is 6.27. The van der Waals surface area contributed by atoms with E-state index in [1.54, 1.807) is 29.3 Å². The first-order chi connectivity index (χ1) is 12.5. The zero-order valence-electron chi connectivity index (χ0n) is 14.3. The molecule has 0 spiro atoms. The largest absolute Gasteiger partial charge is 0.481 e. The standard InChI is InChI=1S/C18H21FN4O3/c19-15-4-2-1-3-14(15)13-21-9-11-22(12-10-21)18(26)16-5-7-23(20-16)8-6-17(24)25/h1-5,7H,6,8-13H2,(H,24,25). The Kier molecular flexibility index (Phi) is 5.62. The van der Waals surface area contributed by atoms with Crippen LogP contribution in [0.25, 0.3) is 0 Å². The fraction of sp³-hybridized carbons (Fsp3) is 0.389. The Balaban J connectivity index is 1.52. The zero-order chi connectivity index (χ0) is 18.5. The maximum absolute atomic E-state index is 13.7. The molecule has 2 aromatic rings. The van der Waals surface area contributed by atoms with Gasteiger partial charge in [0.15, 0.2) is 0 Å². The number of aryl methyl sites for hydroxylation is 1. The van der Waals surface area contributed by atoms with E-state index in [1.165, 1.54) is 10.7 Å². The minimum absolute atomic E-state index is 0.0377. The summed E-state index contributed by atoms with van der Waals surface area (Å²) in [5.74, 6) is -1.28. The van der Waals surface area contributed by atoms with Crippen molar-refractivity contribution >= 4 is 11.9 Å². The van der Waals surface area contributed by atoms with Crippen molar-refractivity contribution < 1.29 is 19.1 Å². The summed E-state index contributed by atoms with van der Waals surface area (Å²) in [6, 6.07) is 8.33. The fourth-order valence-electron chi connectivity index (χ4n) is 2.95.